The predicted molar refractivity (Wildman–Crippen MR) is 67.6 cm³/mol. The average molecular weight is 271 g/mol. The maximum atomic E-state index is 12.4. The summed E-state index contributed by atoms with van der Waals surface area (Å²) in [7, 11) is 0. The van der Waals surface area contributed by atoms with Crippen molar-refractivity contribution in [1.29, 1.82) is 0 Å². The van der Waals surface area contributed by atoms with Gasteiger partial charge in [0, 0.05) is 10.5 Å². The number of halogens is 3. The van der Waals surface area contributed by atoms with Gasteiger partial charge in [0.2, 0.25) is 0 Å². The first-order chi connectivity index (χ1) is 8.74. The molecule has 0 saturated carbocycles. The van der Waals surface area contributed by atoms with Gasteiger partial charge in [-0.1, -0.05) is 31.1 Å². The topological polar surface area (TPSA) is 48.8 Å². The summed E-state index contributed by atoms with van der Waals surface area (Å²) in [5.41, 5.74) is 8.14. The number of aryl methyl sites for hydroxylation is 1. The second-order valence-electron chi connectivity index (χ2n) is 5.05. The molecule has 104 valence electrons. The molecule has 0 fully saturated rings. The highest BCUT2D eigenvalue weighted by atomic mass is 19.4. The molecule has 1 rings (SSSR count). The Morgan fingerprint density at radius 1 is 1.16 bits per heavy atom. The van der Waals surface area contributed by atoms with E-state index < -0.39 is 17.3 Å². The molecule has 1 aromatic rings. The fourth-order valence-electron chi connectivity index (χ4n) is 1.76. The molecule has 6 heteroatoms. The van der Waals surface area contributed by atoms with Crippen LogP contribution in [0.25, 0.3) is 10.4 Å². The Balaban J connectivity index is 2.53. The van der Waals surface area contributed by atoms with Gasteiger partial charge < -0.3 is 0 Å². The number of hydrogen-bond donors (Lipinski definition) is 0. The highest BCUT2D eigenvalue weighted by Gasteiger charge is 2.29. The minimum absolute atomic E-state index is 0.458. The van der Waals surface area contributed by atoms with Crippen molar-refractivity contribution < 1.29 is 13.2 Å². The quantitative estimate of drug-likeness (QED) is 0.405. The van der Waals surface area contributed by atoms with Crippen molar-refractivity contribution in [2.24, 2.45) is 5.11 Å². The first-order valence-electron chi connectivity index (χ1n) is 5.97. The monoisotopic (exact) mass is 271 g/mol. The average Bonchev–Trinajstić information content (AvgIpc) is 2.28. The molecule has 3 nitrogen and oxygen atoms in total. The number of hydrogen-bond acceptors (Lipinski definition) is 1. The van der Waals surface area contributed by atoms with Gasteiger partial charge in [-0.05, 0) is 42.5 Å². The summed E-state index contributed by atoms with van der Waals surface area (Å²) < 4.78 is 37.1. The van der Waals surface area contributed by atoms with Gasteiger partial charge in [0.15, 0.2) is 0 Å². The highest BCUT2D eigenvalue weighted by molar-refractivity contribution is 5.24. The van der Waals surface area contributed by atoms with E-state index in [9.17, 15) is 13.2 Å². The Morgan fingerprint density at radius 3 is 2.21 bits per heavy atom. The lowest BCUT2D eigenvalue weighted by Gasteiger charge is -2.17. The summed E-state index contributed by atoms with van der Waals surface area (Å²) in [5.74, 6) is 0. The third-order valence-corrected chi connectivity index (χ3v) is 2.85. The van der Waals surface area contributed by atoms with Crippen LogP contribution in [0.2, 0.25) is 0 Å². The third-order valence-electron chi connectivity index (χ3n) is 2.85. The van der Waals surface area contributed by atoms with Crippen LogP contribution < -0.4 is 0 Å². The van der Waals surface area contributed by atoms with Crippen LogP contribution in [0.1, 0.15) is 37.8 Å². The molecular formula is C13H16F3N3. The van der Waals surface area contributed by atoms with Gasteiger partial charge >= 0.3 is 6.18 Å². The first-order valence-corrected chi connectivity index (χ1v) is 5.97. The number of nitrogens with zero attached hydrogens (tertiary/aromatic N) is 3. The van der Waals surface area contributed by atoms with E-state index in [-0.39, 0.29) is 0 Å². The lowest BCUT2D eigenvalue weighted by Crippen LogP contribution is -2.15. The van der Waals surface area contributed by atoms with E-state index in [1.165, 1.54) is 12.1 Å². The van der Waals surface area contributed by atoms with Gasteiger partial charge in [0.25, 0.3) is 0 Å². The molecule has 0 atom stereocenters. The van der Waals surface area contributed by atoms with Crippen LogP contribution in [-0.4, -0.2) is 5.54 Å². The highest BCUT2D eigenvalue weighted by Crippen LogP contribution is 2.29. The van der Waals surface area contributed by atoms with Crippen LogP contribution in [0.4, 0.5) is 13.2 Å². The minimum atomic E-state index is -4.29. The van der Waals surface area contributed by atoms with Crippen LogP contribution in [0.3, 0.4) is 0 Å². The van der Waals surface area contributed by atoms with Crippen LogP contribution in [0.5, 0.6) is 0 Å². The van der Waals surface area contributed by atoms with Crippen LogP contribution in [0.15, 0.2) is 29.4 Å². The molecule has 1 aromatic carbocycles. The Bertz CT molecular complexity index is 457. The molecule has 0 radical (unpaired) electrons. The molecule has 0 amide bonds. The normalized spacial score (nSPS) is 12.1. The fraction of sp³-hybridized carbons (Fsp3) is 0.538. The van der Waals surface area contributed by atoms with Crippen molar-refractivity contribution in [3.63, 3.8) is 0 Å². The van der Waals surface area contributed by atoms with Crippen molar-refractivity contribution in [2.75, 3.05) is 0 Å². The standard InChI is InChI=1S/C13H16F3N3/c1-12(2,18-19-17)9-3-4-10-5-7-11(8-6-10)13(14,15)16/h5-8H,3-4,9H2,1-2H3. The van der Waals surface area contributed by atoms with Crippen molar-refractivity contribution in [1.82, 2.24) is 0 Å². The van der Waals surface area contributed by atoms with Gasteiger partial charge in [0.1, 0.15) is 0 Å². The first kappa shape index (κ1) is 15.4. The Kier molecular flexibility index (Phi) is 4.84. The Morgan fingerprint density at radius 2 is 1.74 bits per heavy atom. The Hall–Kier alpha value is -1.68. The summed E-state index contributed by atoms with van der Waals surface area (Å²) >= 11 is 0. The molecule has 0 unspecified atom stereocenters. The zero-order valence-corrected chi connectivity index (χ0v) is 10.9. The lowest BCUT2D eigenvalue weighted by molar-refractivity contribution is -0.137. The third kappa shape index (κ3) is 5.22. The second kappa shape index (κ2) is 5.97. The SMILES string of the molecule is CC(C)(CCCc1ccc(C(F)(F)F)cc1)N=[N+]=[N-]. The summed E-state index contributed by atoms with van der Waals surface area (Å²) in [6, 6.07) is 5.16. The van der Waals surface area contributed by atoms with Gasteiger partial charge in [0.05, 0.1) is 5.56 Å². The molecule has 0 aliphatic rings. The summed E-state index contributed by atoms with van der Waals surface area (Å²) in [5, 5.41) is 3.67. The lowest BCUT2D eigenvalue weighted by atomic mass is 9.96. The minimum Gasteiger partial charge on any atom is -0.166 e. The van der Waals surface area contributed by atoms with Crippen LogP contribution in [-0.2, 0) is 12.6 Å². The molecule has 19 heavy (non-hydrogen) atoms. The summed E-state index contributed by atoms with van der Waals surface area (Å²) in [4.78, 5) is 2.77. The van der Waals surface area contributed by atoms with Gasteiger partial charge in [-0.15, -0.1) is 0 Å². The molecule has 0 saturated heterocycles. The van der Waals surface area contributed by atoms with Crippen molar-refractivity contribution in [2.45, 2.75) is 44.8 Å². The van der Waals surface area contributed by atoms with Gasteiger partial charge in [-0.25, -0.2) is 0 Å². The maximum Gasteiger partial charge on any atom is 0.416 e. The molecule has 0 N–H and O–H groups in total. The summed E-state index contributed by atoms with van der Waals surface area (Å²) in [6.07, 6.45) is -2.17. The molecule has 0 aliphatic heterocycles. The van der Waals surface area contributed by atoms with E-state index in [0.717, 1.165) is 24.1 Å². The van der Waals surface area contributed by atoms with E-state index >= 15 is 0 Å². The molecule has 0 heterocycles. The number of azide groups is 1. The van der Waals surface area contributed by atoms with E-state index in [1.807, 2.05) is 13.8 Å². The van der Waals surface area contributed by atoms with E-state index in [1.54, 1.807) is 0 Å². The molecule has 0 aromatic heterocycles. The van der Waals surface area contributed by atoms with Crippen molar-refractivity contribution >= 4 is 0 Å². The van der Waals surface area contributed by atoms with E-state index in [0.29, 0.717) is 12.8 Å². The zero-order valence-electron chi connectivity index (χ0n) is 10.9. The number of rotatable bonds is 5. The van der Waals surface area contributed by atoms with Crippen LogP contribution >= 0.6 is 0 Å². The molecule has 0 aliphatic carbocycles. The maximum absolute atomic E-state index is 12.4. The number of alkyl halides is 3. The van der Waals surface area contributed by atoms with Gasteiger partial charge in [-0.3, -0.25) is 0 Å². The summed E-state index contributed by atoms with van der Waals surface area (Å²) in [6.45, 7) is 3.67. The zero-order chi connectivity index (χ0) is 14.5. The number of benzene rings is 1. The van der Waals surface area contributed by atoms with Crippen molar-refractivity contribution in [3.8, 4) is 0 Å². The molecule has 0 bridgehead atoms. The smallest absolute Gasteiger partial charge is 0.166 e. The van der Waals surface area contributed by atoms with E-state index in [2.05, 4.69) is 10.0 Å². The predicted octanol–water partition coefficient (Wildman–Crippen LogP) is 5.12. The van der Waals surface area contributed by atoms with Crippen LogP contribution in [0, 0.1) is 0 Å². The second-order valence-corrected chi connectivity index (χ2v) is 5.05. The van der Waals surface area contributed by atoms with E-state index in [4.69, 9.17) is 5.53 Å². The fourth-order valence-corrected chi connectivity index (χ4v) is 1.76. The van der Waals surface area contributed by atoms with Crippen molar-refractivity contribution in [3.05, 3.63) is 45.8 Å². The molecule has 0 spiro atoms. The Labute approximate surface area is 110 Å². The largest absolute Gasteiger partial charge is 0.416 e. The molecular weight excluding hydrogens is 255 g/mol. The van der Waals surface area contributed by atoms with Gasteiger partial charge in [-0.2, -0.15) is 13.2 Å².